The average Bonchev–Trinajstić information content (AvgIpc) is 2.22. The molecule has 16 heavy (non-hydrogen) atoms. The van der Waals surface area contributed by atoms with Crippen LogP contribution in [0.1, 0.15) is 11.6 Å². The van der Waals surface area contributed by atoms with E-state index in [0.29, 0.717) is 0 Å². The molecule has 0 spiro atoms. The van der Waals surface area contributed by atoms with Crippen molar-refractivity contribution in [2.45, 2.75) is 10.9 Å². The smallest absolute Gasteiger partial charge is 0.263 e. The fraction of sp³-hybridized carbons (Fsp3) is 0.333. The van der Waals surface area contributed by atoms with E-state index in [2.05, 4.69) is 0 Å². The number of benzene rings is 1. The zero-order valence-corrected chi connectivity index (χ0v) is 10.6. The van der Waals surface area contributed by atoms with Crippen LogP contribution in [0.25, 0.3) is 0 Å². The molecule has 1 rings (SSSR count). The third-order valence-corrected chi connectivity index (χ3v) is 3.38. The van der Waals surface area contributed by atoms with Crippen molar-refractivity contribution in [2.24, 2.45) is 0 Å². The van der Waals surface area contributed by atoms with E-state index in [4.69, 9.17) is 28.3 Å². The van der Waals surface area contributed by atoms with Crippen LogP contribution in [-0.2, 0) is 0 Å². The average molecular weight is 282 g/mol. The van der Waals surface area contributed by atoms with Crippen LogP contribution in [0.15, 0.2) is 17.0 Å². The van der Waals surface area contributed by atoms with Crippen LogP contribution in [0.4, 0.5) is 0 Å². The molecule has 1 aromatic rings. The first kappa shape index (κ1) is 13.6. The van der Waals surface area contributed by atoms with Crippen molar-refractivity contribution < 1.29 is 10.0 Å². The minimum atomic E-state index is -1.28. The van der Waals surface area contributed by atoms with E-state index in [9.17, 15) is 10.1 Å². The summed E-state index contributed by atoms with van der Waals surface area (Å²) < 4.78 is 0. The molecule has 0 heterocycles. The van der Waals surface area contributed by atoms with Crippen molar-refractivity contribution >= 4 is 35.0 Å². The molecule has 0 aromatic heterocycles. The summed E-state index contributed by atoms with van der Waals surface area (Å²) in [6.45, 7) is -0.634. The Hall–Kier alpha value is -0.490. The van der Waals surface area contributed by atoms with Gasteiger partial charge in [-0.05, 0) is 18.4 Å². The van der Waals surface area contributed by atoms with Gasteiger partial charge in [-0.3, -0.25) is 10.1 Å². The van der Waals surface area contributed by atoms with E-state index < -0.39 is 17.6 Å². The summed E-state index contributed by atoms with van der Waals surface area (Å²) in [7, 11) is 0. The van der Waals surface area contributed by atoms with Crippen molar-refractivity contribution in [1.29, 1.82) is 0 Å². The number of aliphatic hydroxyl groups is 1. The summed E-state index contributed by atoms with van der Waals surface area (Å²) in [5.41, 5.74) is 0.161. The maximum absolute atomic E-state index is 10.7. The van der Waals surface area contributed by atoms with Crippen LogP contribution < -0.4 is 0 Å². The molecule has 0 saturated heterocycles. The largest absolute Gasteiger partial charge is 0.389 e. The van der Waals surface area contributed by atoms with Gasteiger partial charge in [0.25, 0.3) is 6.04 Å². The molecule has 0 saturated carbocycles. The Labute approximate surface area is 107 Å². The van der Waals surface area contributed by atoms with E-state index >= 15 is 0 Å². The van der Waals surface area contributed by atoms with Crippen LogP contribution in [0.5, 0.6) is 0 Å². The van der Waals surface area contributed by atoms with Gasteiger partial charge in [0.2, 0.25) is 0 Å². The SMILES string of the molecule is CSc1cc(Cl)c(C(CO)[N+](=O)[O-])c(Cl)c1. The quantitative estimate of drug-likeness (QED) is 0.524. The second-order valence-electron chi connectivity index (χ2n) is 2.99. The van der Waals surface area contributed by atoms with E-state index in [0.717, 1.165) is 4.90 Å². The Morgan fingerprint density at radius 3 is 2.31 bits per heavy atom. The monoisotopic (exact) mass is 281 g/mol. The Bertz CT molecular complexity index is 391. The zero-order valence-electron chi connectivity index (χ0n) is 8.31. The lowest BCUT2D eigenvalue weighted by Crippen LogP contribution is -2.15. The van der Waals surface area contributed by atoms with Crippen LogP contribution in [0.3, 0.4) is 0 Å². The lowest BCUT2D eigenvalue weighted by molar-refractivity contribution is -0.532. The zero-order chi connectivity index (χ0) is 12.3. The Balaban J connectivity index is 3.27. The molecule has 0 fully saturated rings. The van der Waals surface area contributed by atoms with Crippen molar-refractivity contribution in [1.82, 2.24) is 0 Å². The van der Waals surface area contributed by atoms with E-state index in [1.807, 2.05) is 6.26 Å². The van der Waals surface area contributed by atoms with Crippen molar-refractivity contribution in [3.63, 3.8) is 0 Å². The molecule has 88 valence electrons. The maximum Gasteiger partial charge on any atom is 0.263 e. The van der Waals surface area contributed by atoms with E-state index in [1.165, 1.54) is 11.8 Å². The highest BCUT2D eigenvalue weighted by Gasteiger charge is 2.27. The number of halogens is 2. The summed E-state index contributed by atoms with van der Waals surface area (Å²) in [6.07, 6.45) is 1.85. The Morgan fingerprint density at radius 1 is 1.50 bits per heavy atom. The molecule has 1 atom stereocenters. The third-order valence-electron chi connectivity index (χ3n) is 2.05. The molecular formula is C9H9Cl2NO3S. The minimum absolute atomic E-state index is 0.161. The Kier molecular flexibility index (Phi) is 4.86. The minimum Gasteiger partial charge on any atom is -0.389 e. The molecule has 0 aliphatic carbocycles. The maximum atomic E-state index is 10.7. The van der Waals surface area contributed by atoms with Gasteiger partial charge in [-0.25, -0.2) is 0 Å². The predicted molar refractivity (Wildman–Crippen MR) is 65.1 cm³/mol. The van der Waals surface area contributed by atoms with Crippen LogP contribution >= 0.6 is 35.0 Å². The molecular weight excluding hydrogens is 273 g/mol. The summed E-state index contributed by atoms with van der Waals surface area (Å²) in [5, 5.41) is 20.1. The standard InChI is InChI=1S/C9H9Cl2NO3S/c1-16-5-2-6(10)9(7(11)3-5)8(4-13)12(14)15/h2-3,8,13H,4H2,1H3. The van der Waals surface area contributed by atoms with Crippen LogP contribution in [-0.4, -0.2) is 22.9 Å². The normalized spacial score (nSPS) is 12.5. The molecule has 0 radical (unpaired) electrons. The number of nitro groups is 1. The molecule has 1 N–H and O–H groups in total. The van der Waals surface area contributed by atoms with Gasteiger partial charge in [0, 0.05) is 9.82 Å². The fourth-order valence-corrected chi connectivity index (χ4v) is 2.60. The highest BCUT2D eigenvalue weighted by molar-refractivity contribution is 7.98. The van der Waals surface area contributed by atoms with Gasteiger partial charge in [-0.1, -0.05) is 23.2 Å². The number of thioether (sulfide) groups is 1. The number of rotatable bonds is 4. The molecule has 0 amide bonds. The molecule has 0 bridgehead atoms. The second kappa shape index (κ2) is 5.72. The van der Waals surface area contributed by atoms with E-state index in [1.54, 1.807) is 12.1 Å². The molecule has 1 aromatic carbocycles. The molecule has 0 aliphatic rings. The van der Waals surface area contributed by atoms with E-state index in [-0.39, 0.29) is 15.6 Å². The number of hydrogen-bond donors (Lipinski definition) is 1. The highest BCUT2D eigenvalue weighted by atomic mass is 35.5. The molecule has 7 heteroatoms. The number of hydrogen-bond acceptors (Lipinski definition) is 4. The van der Waals surface area contributed by atoms with Crippen molar-refractivity contribution in [2.75, 3.05) is 12.9 Å². The summed E-state index contributed by atoms with van der Waals surface area (Å²) in [6, 6.07) is 1.91. The van der Waals surface area contributed by atoms with Gasteiger partial charge < -0.3 is 5.11 Å². The molecule has 4 nitrogen and oxygen atoms in total. The second-order valence-corrected chi connectivity index (χ2v) is 4.68. The number of nitrogens with zero attached hydrogens (tertiary/aromatic N) is 1. The molecule has 1 unspecified atom stereocenters. The van der Waals surface area contributed by atoms with Gasteiger partial charge in [-0.2, -0.15) is 0 Å². The van der Waals surface area contributed by atoms with Gasteiger partial charge in [0.05, 0.1) is 15.6 Å². The lowest BCUT2D eigenvalue weighted by atomic mass is 10.1. The summed E-state index contributed by atoms with van der Waals surface area (Å²) in [5.74, 6) is 0. The van der Waals surface area contributed by atoms with Gasteiger partial charge in [-0.15, -0.1) is 11.8 Å². The number of aliphatic hydroxyl groups excluding tert-OH is 1. The van der Waals surface area contributed by atoms with Gasteiger partial charge in [0.15, 0.2) is 0 Å². The topological polar surface area (TPSA) is 63.4 Å². The summed E-state index contributed by atoms with van der Waals surface area (Å²) >= 11 is 13.3. The first-order valence-corrected chi connectivity index (χ1v) is 6.26. The van der Waals surface area contributed by atoms with Crippen LogP contribution in [0.2, 0.25) is 10.0 Å². The molecule has 0 aliphatic heterocycles. The first-order valence-electron chi connectivity index (χ1n) is 4.28. The van der Waals surface area contributed by atoms with Crippen molar-refractivity contribution in [3.8, 4) is 0 Å². The van der Waals surface area contributed by atoms with Gasteiger partial charge in [0.1, 0.15) is 6.61 Å². The third kappa shape index (κ3) is 2.79. The van der Waals surface area contributed by atoms with Crippen LogP contribution in [0, 0.1) is 10.1 Å². The highest BCUT2D eigenvalue weighted by Crippen LogP contribution is 2.35. The fourth-order valence-electron chi connectivity index (χ4n) is 1.26. The lowest BCUT2D eigenvalue weighted by Gasteiger charge is -2.11. The predicted octanol–water partition coefficient (Wildman–Crippen LogP) is 3.03. The van der Waals surface area contributed by atoms with Crippen molar-refractivity contribution in [3.05, 3.63) is 37.9 Å². The first-order chi connectivity index (χ1) is 7.51. The Morgan fingerprint density at radius 2 is 2.00 bits per heavy atom. The van der Waals surface area contributed by atoms with Gasteiger partial charge >= 0.3 is 0 Å². The summed E-state index contributed by atoms with van der Waals surface area (Å²) in [4.78, 5) is 10.9.